The molecule has 0 aromatic heterocycles. The number of carbonyl (C=O) groups is 1. The average molecular weight is 420 g/mol. The van der Waals surface area contributed by atoms with Gasteiger partial charge in [-0.05, 0) is 24.5 Å². The Morgan fingerprint density at radius 2 is 1.82 bits per heavy atom. The zero-order chi connectivity index (χ0) is 19.3. The molecular formula is C20H29ClF3N3O. The molecule has 2 fully saturated rings. The Labute approximate surface area is 170 Å². The van der Waals surface area contributed by atoms with Crippen molar-refractivity contribution in [2.24, 2.45) is 0 Å². The molecule has 1 aliphatic carbocycles. The Morgan fingerprint density at radius 1 is 1.14 bits per heavy atom. The highest BCUT2D eigenvalue weighted by Gasteiger charge is 2.42. The first-order valence-electron chi connectivity index (χ1n) is 9.81. The second-order valence-electron chi connectivity index (χ2n) is 7.57. The van der Waals surface area contributed by atoms with E-state index in [4.69, 9.17) is 0 Å². The molecule has 1 heterocycles. The molecule has 1 aliphatic heterocycles. The third-order valence-corrected chi connectivity index (χ3v) is 5.81. The van der Waals surface area contributed by atoms with Crippen LogP contribution in [0.4, 0.5) is 13.2 Å². The molecule has 1 aromatic rings. The first kappa shape index (κ1) is 23.0. The van der Waals surface area contributed by atoms with Crippen molar-refractivity contribution >= 4 is 18.3 Å². The number of amides is 1. The minimum absolute atomic E-state index is 0. The molecule has 158 valence electrons. The minimum Gasteiger partial charge on any atom is -0.354 e. The normalized spacial score (nSPS) is 20.2. The number of carbonyl (C=O) groups excluding carboxylic acids is 1. The van der Waals surface area contributed by atoms with Gasteiger partial charge in [0.15, 0.2) is 0 Å². The molecule has 0 spiro atoms. The summed E-state index contributed by atoms with van der Waals surface area (Å²) in [4.78, 5) is 15.4. The fourth-order valence-electron chi connectivity index (χ4n) is 4.23. The van der Waals surface area contributed by atoms with Crippen molar-refractivity contribution in [1.82, 2.24) is 15.5 Å². The van der Waals surface area contributed by atoms with Gasteiger partial charge in [0.25, 0.3) is 0 Å². The van der Waals surface area contributed by atoms with Crippen LogP contribution in [0.1, 0.15) is 43.2 Å². The summed E-state index contributed by atoms with van der Waals surface area (Å²) in [6, 6.07) is 5.34. The molecule has 0 unspecified atom stereocenters. The van der Waals surface area contributed by atoms with Crippen molar-refractivity contribution in [1.29, 1.82) is 0 Å². The lowest BCUT2D eigenvalue weighted by atomic mass is 9.68. The summed E-state index contributed by atoms with van der Waals surface area (Å²) in [6.07, 6.45) is -0.441. The van der Waals surface area contributed by atoms with Crippen molar-refractivity contribution in [3.8, 4) is 0 Å². The summed E-state index contributed by atoms with van der Waals surface area (Å²) in [5.74, 6) is -0.128. The van der Waals surface area contributed by atoms with Crippen LogP contribution in [0.25, 0.3) is 0 Å². The molecule has 1 saturated carbocycles. The van der Waals surface area contributed by atoms with Gasteiger partial charge in [-0.25, -0.2) is 0 Å². The van der Waals surface area contributed by atoms with Crippen molar-refractivity contribution in [3.63, 3.8) is 0 Å². The van der Waals surface area contributed by atoms with Gasteiger partial charge in [-0.3, -0.25) is 9.69 Å². The number of piperazine rings is 1. The van der Waals surface area contributed by atoms with Crippen LogP contribution in [-0.4, -0.2) is 50.1 Å². The maximum atomic E-state index is 13.2. The molecule has 2 N–H and O–H groups in total. The number of hydrogen-bond acceptors (Lipinski definition) is 3. The number of benzene rings is 1. The SMILES string of the molecule is Cl.O=C(NCCN1CCNCC1)C1(c2cccc(C(F)(F)F)c2)CCCCC1. The van der Waals surface area contributed by atoms with Gasteiger partial charge >= 0.3 is 6.18 Å². The number of halogens is 4. The highest BCUT2D eigenvalue weighted by atomic mass is 35.5. The number of nitrogens with one attached hydrogen (secondary N) is 2. The fourth-order valence-corrected chi connectivity index (χ4v) is 4.23. The maximum Gasteiger partial charge on any atom is 0.416 e. The van der Waals surface area contributed by atoms with Gasteiger partial charge in [-0.15, -0.1) is 12.4 Å². The maximum absolute atomic E-state index is 13.2. The van der Waals surface area contributed by atoms with E-state index in [0.717, 1.165) is 58.1 Å². The second-order valence-corrected chi connectivity index (χ2v) is 7.57. The summed E-state index contributed by atoms with van der Waals surface area (Å²) in [7, 11) is 0. The predicted molar refractivity (Wildman–Crippen MR) is 106 cm³/mol. The molecule has 2 aliphatic rings. The quantitative estimate of drug-likeness (QED) is 0.769. The van der Waals surface area contributed by atoms with Crippen molar-refractivity contribution < 1.29 is 18.0 Å². The van der Waals surface area contributed by atoms with E-state index in [1.807, 2.05) is 0 Å². The van der Waals surface area contributed by atoms with E-state index in [-0.39, 0.29) is 18.3 Å². The van der Waals surface area contributed by atoms with Crippen LogP contribution < -0.4 is 10.6 Å². The van der Waals surface area contributed by atoms with E-state index < -0.39 is 17.2 Å². The monoisotopic (exact) mass is 419 g/mol. The molecule has 1 amide bonds. The lowest BCUT2D eigenvalue weighted by Crippen LogP contribution is -2.50. The highest BCUT2D eigenvalue weighted by molar-refractivity contribution is 5.88. The van der Waals surface area contributed by atoms with E-state index in [0.29, 0.717) is 24.9 Å². The molecule has 0 atom stereocenters. The Balaban J connectivity index is 0.00000280. The summed E-state index contributed by atoms with van der Waals surface area (Å²) in [5.41, 5.74) is -1.03. The van der Waals surface area contributed by atoms with Crippen molar-refractivity contribution in [2.45, 2.75) is 43.7 Å². The molecule has 0 radical (unpaired) electrons. The van der Waals surface area contributed by atoms with Crippen LogP contribution in [0.5, 0.6) is 0 Å². The van der Waals surface area contributed by atoms with Gasteiger partial charge in [0.2, 0.25) is 5.91 Å². The molecule has 4 nitrogen and oxygen atoms in total. The molecule has 8 heteroatoms. The largest absolute Gasteiger partial charge is 0.416 e. The fraction of sp³-hybridized carbons (Fsp3) is 0.650. The van der Waals surface area contributed by atoms with Gasteiger partial charge in [-0.1, -0.05) is 37.5 Å². The Kier molecular flexibility index (Phi) is 8.16. The Bertz CT molecular complexity index is 642. The smallest absolute Gasteiger partial charge is 0.354 e. The summed E-state index contributed by atoms with van der Waals surface area (Å²) in [6.45, 7) is 5.10. The topological polar surface area (TPSA) is 44.4 Å². The highest BCUT2D eigenvalue weighted by Crippen LogP contribution is 2.41. The number of rotatable bonds is 5. The number of alkyl halides is 3. The van der Waals surface area contributed by atoms with Crippen molar-refractivity contribution in [2.75, 3.05) is 39.3 Å². The standard InChI is InChI=1S/C20H28F3N3O.ClH/c21-20(22,23)17-6-4-5-16(15-17)19(7-2-1-3-8-19)18(27)25-11-14-26-12-9-24-10-13-26;/h4-6,15,24H,1-3,7-14H2,(H,25,27);1H. The zero-order valence-corrected chi connectivity index (χ0v) is 16.8. The van der Waals surface area contributed by atoms with Gasteiger partial charge < -0.3 is 10.6 Å². The Hall–Kier alpha value is -1.31. The molecule has 1 aromatic carbocycles. The van der Waals surface area contributed by atoms with E-state index >= 15 is 0 Å². The van der Waals surface area contributed by atoms with Crippen LogP contribution >= 0.6 is 12.4 Å². The van der Waals surface area contributed by atoms with Crippen LogP contribution in [0.15, 0.2) is 24.3 Å². The minimum atomic E-state index is -4.40. The first-order chi connectivity index (χ1) is 12.9. The summed E-state index contributed by atoms with van der Waals surface area (Å²) >= 11 is 0. The van der Waals surface area contributed by atoms with Crippen molar-refractivity contribution in [3.05, 3.63) is 35.4 Å². The van der Waals surface area contributed by atoms with E-state index in [1.165, 1.54) is 12.1 Å². The first-order valence-corrected chi connectivity index (χ1v) is 9.81. The summed E-state index contributed by atoms with van der Waals surface area (Å²) in [5, 5.41) is 6.30. The van der Waals surface area contributed by atoms with E-state index in [1.54, 1.807) is 6.07 Å². The molecule has 28 heavy (non-hydrogen) atoms. The predicted octanol–water partition coefficient (Wildman–Crippen LogP) is 3.35. The average Bonchev–Trinajstić information content (AvgIpc) is 2.69. The molecule has 0 bridgehead atoms. The van der Waals surface area contributed by atoms with Gasteiger partial charge in [0.1, 0.15) is 0 Å². The molecule has 1 saturated heterocycles. The number of nitrogens with zero attached hydrogens (tertiary/aromatic N) is 1. The van der Waals surface area contributed by atoms with Gasteiger partial charge in [0.05, 0.1) is 11.0 Å². The lowest BCUT2D eigenvalue weighted by Gasteiger charge is -2.37. The van der Waals surface area contributed by atoms with Gasteiger partial charge in [0, 0.05) is 39.3 Å². The van der Waals surface area contributed by atoms with Crippen LogP contribution in [0, 0.1) is 0 Å². The van der Waals surface area contributed by atoms with E-state index in [9.17, 15) is 18.0 Å². The molecule has 3 rings (SSSR count). The third-order valence-electron chi connectivity index (χ3n) is 5.81. The van der Waals surface area contributed by atoms with E-state index in [2.05, 4.69) is 15.5 Å². The zero-order valence-electron chi connectivity index (χ0n) is 16.0. The second kappa shape index (κ2) is 9.94. The van der Waals surface area contributed by atoms with Crippen LogP contribution in [0.3, 0.4) is 0 Å². The lowest BCUT2D eigenvalue weighted by molar-refractivity contribution is -0.138. The third kappa shape index (κ3) is 5.39. The summed E-state index contributed by atoms with van der Waals surface area (Å²) < 4.78 is 39.5. The number of hydrogen-bond donors (Lipinski definition) is 2. The molecular weight excluding hydrogens is 391 g/mol. The van der Waals surface area contributed by atoms with Gasteiger partial charge in [-0.2, -0.15) is 13.2 Å². The van der Waals surface area contributed by atoms with Crippen LogP contribution in [0.2, 0.25) is 0 Å². The Morgan fingerprint density at radius 3 is 2.46 bits per heavy atom. The van der Waals surface area contributed by atoms with Crippen LogP contribution in [-0.2, 0) is 16.4 Å².